The van der Waals surface area contributed by atoms with Gasteiger partial charge in [-0.2, -0.15) is 0 Å². The predicted octanol–water partition coefficient (Wildman–Crippen LogP) is 1.59. The van der Waals surface area contributed by atoms with E-state index < -0.39 is 12.1 Å². The first-order valence-electron chi connectivity index (χ1n) is 8.54. The number of hydrogen-bond acceptors (Lipinski definition) is 5. The van der Waals surface area contributed by atoms with Crippen LogP contribution in [0.15, 0.2) is 48.7 Å². The number of anilines is 1. The fraction of sp³-hybridized carbons (Fsp3) is 0.316. The number of nitrogens with two attached hydrogens (primary N) is 2. The Morgan fingerprint density at radius 2 is 1.75 bits per heavy atom. The maximum atomic E-state index is 12.2. The van der Waals surface area contributed by atoms with Crippen molar-refractivity contribution in [1.82, 2.24) is 15.6 Å². The van der Waals surface area contributed by atoms with E-state index in [-0.39, 0.29) is 43.2 Å². The maximum absolute atomic E-state index is 12.2. The summed E-state index contributed by atoms with van der Waals surface area (Å²) in [7, 11) is 0. The smallest absolute Gasteiger partial charge is 0.242 e. The highest BCUT2D eigenvalue weighted by atomic mass is 35.5. The monoisotopic (exact) mass is 427 g/mol. The zero-order valence-electron chi connectivity index (χ0n) is 15.6. The molecule has 0 spiro atoms. The van der Waals surface area contributed by atoms with Crippen molar-refractivity contribution in [1.29, 1.82) is 0 Å². The lowest BCUT2D eigenvalue weighted by Crippen LogP contribution is -2.50. The van der Waals surface area contributed by atoms with Crippen molar-refractivity contribution in [3.8, 4) is 0 Å². The highest BCUT2D eigenvalue weighted by Gasteiger charge is 2.20. The number of benzene rings is 1. The maximum Gasteiger partial charge on any atom is 0.242 e. The summed E-state index contributed by atoms with van der Waals surface area (Å²) in [6, 6.07) is 12.0. The molecule has 0 fully saturated rings. The van der Waals surface area contributed by atoms with E-state index in [4.69, 9.17) is 11.5 Å². The van der Waals surface area contributed by atoms with E-state index in [0.29, 0.717) is 18.7 Å². The van der Waals surface area contributed by atoms with Gasteiger partial charge in [0.05, 0.1) is 6.04 Å². The van der Waals surface area contributed by atoms with Crippen molar-refractivity contribution >= 4 is 42.4 Å². The topological polar surface area (TPSA) is 123 Å². The van der Waals surface area contributed by atoms with Crippen LogP contribution in [0.2, 0.25) is 0 Å². The third-order valence-corrected chi connectivity index (χ3v) is 4.05. The summed E-state index contributed by atoms with van der Waals surface area (Å²) in [4.78, 5) is 28.3. The van der Waals surface area contributed by atoms with Crippen LogP contribution in [0.1, 0.15) is 24.5 Å². The van der Waals surface area contributed by atoms with Crippen molar-refractivity contribution < 1.29 is 9.59 Å². The molecule has 1 heterocycles. The summed E-state index contributed by atoms with van der Waals surface area (Å²) in [5.41, 5.74) is 13.5. The second-order valence-corrected chi connectivity index (χ2v) is 6.13. The number of amides is 2. The first-order valence-corrected chi connectivity index (χ1v) is 8.54. The van der Waals surface area contributed by atoms with E-state index in [1.54, 1.807) is 25.3 Å². The number of nitrogens with one attached hydrogen (secondary N) is 2. The van der Waals surface area contributed by atoms with Crippen molar-refractivity contribution in [3.05, 3.63) is 59.8 Å². The van der Waals surface area contributed by atoms with Crippen molar-refractivity contribution in [2.24, 2.45) is 5.73 Å². The van der Waals surface area contributed by atoms with Crippen LogP contribution in [0.4, 0.5) is 5.82 Å². The quantitative estimate of drug-likeness (QED) is 0.509. The average Bonchev–Trinajstić information content (AvgIpc) is 2.65. The van der Waals surface area contributed by atoms with Crippen LogP contribution < -0.4 is 22.1 Å². The SMILES string of the molecule is C[C@H](NC(=O)[C@H](N)CCc1ccccc1)C(=O)NCc1cccnc1N.Cl.Cl. The van der Waals surface area contributed by atoms with Gasteiger partial charge in [-0.3, -0.25) is 9.59 Å². The molecule has 1 aromatic carbocycles. The summed E-state index contributed by atoms with van der Waals surface area (Å²) in [6.07, 6.45) is 2.80. The van der Waals surface area contributed by atoms with Crippen LogP contribution in [0, 0.1) is 0 Å². The summed E-state index contributed by atoms with van der Waals surface area (Å²) in [5, 5.41) is 5.37. The van der Waals surface area contributed by atoms with Gasteiger partial charge in [-0.25, -0.2) is 4.98 Å². The minimum absolute atomic E-state index is 0. The Balaban J connectivity index is 0.00000364. The van der Waals surface area contributed by atoms with Gasteiger partial charge in [0.25, 0.3) is 0 Å². The number of nitrogen functional groups attached to an aromatic ring is 1. The van der Waals surface area contributed by atoms with Crippen molar-refractivity contribution in [2.45, 2.75) is 38.4 Å². The number of aryl methyl sites for hydroxylation is 1. The van der Waals surface area contributed by atoms with Gasteiger partial charge in [0, 0.05) is 18.3 Å². The van der Waals surface area contributed by atoms with E-state index in [1.165, 1.54) is 0 Å². The summed E-state index contributed by atoms with van der Waals surface area (Å²) in [5.74, 6) is -0.284. The van der Waals surface area contributed by atoms with E-state index in [0.717, 1.165) is 11.1 Å². The minimum Gasteiger partial charge on any atom is -0.383 e. The Morgan fingerprint density at radius 3 is 2.39 bits per heavy atom. The molecule has 2 rings (SSSR count). The number of rotatable bonds is 8. The molecular weight excluding hydrogens is 401 g/mol. The first kappa shape index (κ1) is 25.6. The number of carbonyl (C=O) groups is 2. The zero-order chi connectivity index (χ0) is 18.9. The molecule has 0 saturated heterocycles. The molecule has 2 atom stereocenters. The van der Waals surface area contributed by atoms with Crippen LogP contribution in [0.3, 0.4) is 0 Å². The highest BCUT2D eigenvalue weighted by molar-refractivity contribution is 5.89. The number of halogens is 2. The van der Waals surface area contributed by atoms with Gasteiger partial charge >= 0.3 is 0 Å². The Bertz CT molecular complexity index is 746. The van der Waals surface area contributed by atoms with E-state index in [2.05, 4.69) is 15.6 Å². The van der Waals surface area contributed by atoms with Gasteiger partial charge in [-0.05, 0) is 31.4 Å². The third kappa shape index (κ3) is 8.12. The van der Waals surface area contributed by atoms with Crippen LogP contribution in [0.5, 0.6) is 0 Å². The molecule has 6 N–H and O–H groups in total. The molecule has 0 aliphatic rings. The number of aromatic nitrogens is 1. The molecule has 7 nitrogen and oxygen atoms in total. The van der Waals surface area contributed by atoms with E-state index in [9.17, 15) is 9.59 Å². The average molecular weight is 428 g/mol. The number of nitrogens with zero attached hydrogens (tertiary/aromatic N) is 1. The fourth-order valence-electron chi connectivity index (χ4n) is 2.42. The molecule has 0 aliphatic heterocycles. The lowest BCUT2D eigenvalue weighted by Gasteiger charge is -2.17. The molecule has 9 heteroatoms. The first-order chi connectivity index (χ1) is 12.5. The number of hydrogen-bond donors (Lipinski definition) is 4. The van der Waals surface area contributed by atoms with Gasteiger partial charge in [-0.15, -0.1) is 24.8 Å². The molecule has 0 saturated carbocycles. The van der Waals surface area contributed by atoms with Crippen LogP contribution in [-0.2, 0) is 22.6 Å². The van der Waals surface area contributed by atoms with Crippen LogP contribution in [0.25, 0.3) is 0 Å². The summed E-state index contributed by atoms with van der Waals surface area (Å²) in [6.45, 7) is 1.86. The molecule has 0 unspecified atom stereocenters. The second-order valence-electron chi connectivity index (χ2n) is 6.13. The molecule has 0 radical (unpaired) electrons. The van der Waals surface area contributed by atoms with Crippen LogP contribution >= 0.6 is 24.8 Å². The largest absolute Gasteiger partial charge is 0.383 e. The van der Waals surface area contributed by atoms with Gasteiger partial charge in [-0.1, -0.05) is 36.4 Å². The molecule has 2 aromatic rings. The second kappa shape index (κ2) is 12.9. The Hall–Kier alpha value is -2.35. The Morgan fingerprint density at radius 1 is 1.07 bits per heavy atom. The lowest BCUT2D eigenvalue weighted by atomic mass is 10.1. The highest BCUT2D eigenvalue weighted by Crippen LogP contribution is 2.06. The van der Waals surface area contributed by atoms with Gasteiger partial charge in [0.2, 0.25) is 11.8 Å². The third-order valence-electron chi connectivity index (χ3n) is 4.05. The molecule has 2 amide bonds. The molecule has 1 aromatic heterocycles. The summed E-state index contributed by atoms with van der Waals surface area (Å²) < 4.78 is 0. The van der Waals surface area contributed by atoms with Gasteiger partial charge < -0.3 is 22.1 Å². The lowest BCUT2D eigenvalue weighted by molar-refractivity contribution is -0.129. The Labute approximate surface area is 177 Å². The number of carbonyl (C=O) groups excluding carboxylic acids is 2. The van der Waals surface area contributed by atoms with E-state index in [1.807, 2.05) is 30.3 Å². The molecule has 154 valence electrons. The van der Waals surface area contributed by atoms with Gasteiger partial charge in [0.15, 0.2) is 0 Å². The molecular formula is C19H27Cl2N5O2. The zero-order valence-corrected chi connectivity index (χ0v) is 17.3. The fourth-order valence-corrected chi connectivity index (χ4v) is 2.42. The Kier molecular flexibility index (Phi) is 11.8. The molecule has 0 aliphatic carbocycles. The van der Waals surface area contributed by atoms with Crippen LogP contribution in [-0.4, -0.2) is 28.9 Å². The van der Waals surface area contributed by atoms with E-state index >= 15 is 0 Å². The normalized spacial score (nSPS) is 11.9. The standard InChI is InChI=1S/C19H25N5O2.2ClH/c1-13(18(25)23-12-15-8-5-11-22-17(15)21)24-19(26)16(20)10-9-14-6-3-2-4-7-14;;/h2-8,11,13,16H,9-10,12,20H2,1H3,(H2,21,22)(H,23,25)(H,24,26);2*1H/t13-,16+;;/m0../s1. The molecule has 0 bridgehead atoms. The van der Waals surface area contributed by atoms with Gasteiger partial charge in [0.1, 0.15) is 11.9 Å². The summed E-state index contributed by atoms with van der Waals surface area (Å²) >= 11 is 0. The minimum atomic E-state index is -0.692. The predicted molar refractivity (Wildman–Crippen MR) is 115 cm³/mol. The van der Waals surface area contributed by atoms with Crippen molar-refractivity contribution in [3.63, 3.8) is 0 Å². The number of pyridine rings is 1. The molecule has 28 heavy (non-hydrogen) atoms. The van der Waals surface area contributed by atoms with Crippen molar-refractivity contribution in [2.75, 3.05) is 5.73 Å².